The molecule has 1 saturated heterocycles. The number of rotatable bonds is 5. The van der Waals surface area contributed by atoms with Crippen LogP contribution in [0.3, 0.4) is 0 Å². The van der Waals surface area contributed by atoms with Gasteiger partial charge < -0.3 is 35.2 Å². The third kappa shape index (κ3) is 4.54. The van der Waals surface area contributed by atoms with Crippen molar-refractivity contribution in [2.24, 2.45) is 10.9 Å². The topological polar surface area (TPSA) is 116 Å². The maximum absolute atomic E-state index is 13.0. The summed E-state index contributed by atoms with van der Waals surface area (Å²) in [5, 5.41) is 27.6. The largest absolute Gasteiger partial charge is 0.454 e. The zero-order chi connectivity index (χ0) is 22.1. The van der Waals surface area contributed by atoms with E-state index >= 15 is 0 Å². The Labute approximate surface area is 191 Å². The number of likely N-dealkylation sites (tertiary alicyclic amines) is 1. The van der Waals surface area contributed by atoms with E-state index in [9.17, 15) is 15.0 Å². The molecule has 9 nitrogen and oxygen atoms in total. The molecule has 1 amide bonds. The number of anilines is 1. The zero-order valence-corrected chi connectivity index (χ0v) is 18.7. The van der Waals surface area contributed by atoms with E-state index in [0.717, 1.165) is 25.3 Å². The third-order valence-electron chi connectivity index (χ3n) is 6.62. The number of thioether (sulfide) groups is 1. The maximum atomic E-state index is 13.0. The van der Waals surface area contributed by atoms with Gasteiger partial charge in [0.05, 0.1) is 18.1 Å². The maximum Gasteiger partial charge on any atom is 0.231 e. The monoisotopic (exact) mass is 462 g/mol. The fraction of sp³-hybridized carbons (Fsp3) is 0.636. The molecule has 0 radical (unpaired) electrons. The van der Waals surface area contributed by atoms with Gasteiger partial charge in [0, 0.05) is 30.1 Å². The zero-order valence-electron chi connectivity index (χ0n) is 17.9. The van der Waals surface area contributed by atoms with Crippen LogP contribution in [0.2, 0.25) is 0 Å². The number of aliphatic hydroxyl groups excluding tert-OH is 2. The van der Waals surface area contributed by atoms with E-state index in [1.165, 1.54) is 31.0 Å². The number of piperidine rings is 1. The smallest absolute Gasteiger partial charge is 0.231 e. The molecular formula is C22H30N4O5S. The molecule has 3 heterocycles. The first-order chi connectivity index (χ1) is 15.6. The molecule has 5 rings (SSSR count). The van der Waals surface area contributed by atoms with Crippen molar-refractivity contribution in [2.45, 2.75) is 49.2 Å². The van der Waals surface area contributed by atoms with Gasteiger partial charge in [0.25, 0.3) is 0 Å². The molecule has 1 aromatic carbocycles. The molecule has 32 heavy (non-hydrogen) atoms. The van der Waals surface area contributed by atoms with Crippen LogP contribution in [0, 0.1) is 5.92 Å². The molecule has 4 aliphatic rings. The van der Waals surface area contributed by atoms with Crippen LogP contribution in [0.4, 0.5) is 5.69 Å². The van der Waals surface area contributed by atoms with Crippen LogP contribution >= 0.6 is 11.8 Å². The molecule has 4 N–H and O–H groups in total. The number of carbonyl (C=O) groups excluding carboxylic acids is 1. The Morgan fingerprint density at radius 2 is 2.00 bits per heavy atom. The number of aliphatic hydroxyl groups is 2. The Kier molecular flexibility index (Phi) is 6.45. The second kappa shape index (κ2) is 9.46. The van der Waals surface area contributed by atoms with E-state index in [4.69, 9.17) is 9.47 Å². The summed E-state index contributed by atoms with van der Waals surface area (Å²) < 4.78 is 10.8. The summed E-state index contributed by atoms with van der Waals surface area (Å²) in [7, 11) is 0. The number of carbonyl (C=O) groups is 1. The third-order valence-corrected chi connectivity index (χ3v) is 7.93. The van der Waals surface area contributed by atoms with Gasteiger partial charge in [-0.05, 0) is 44.5 Å². The molecule has 1 saturated carbocycles. The fourth-order valence-electron chi connectivity index (χ4n) is 4.86. The number of amides is 1. The van der Waals surface area contributed by atoms with Gasteiger partial charge in [-0.2, -0.15) is 0 Å². The molecule has 5 atom stereocenters. The first-order valence-electron chi connectivity index (χ1n) is 11.4. The van der Waals surface area contributed by atoms with Gasteiger partial charge >= 0.3 is 0 Å². The van der Waals surface area contributed by atoms with Gasteiger partial charge in [-0.15, -0.1) is 0 Å². The molecule has 0 aromatic heterocycles. The van der Waals surface area contributed by atoms with Crippen molar-refractivity contribution in [1.82, 2.24) is 10.2 Å². The van der Waals surface area contributed by atoms with E-state index in [-0.39, 0.29) is 24.4 Å². The number of nitrogens with zero attached hydrogens (tertiary/aromatic N) is 2. The fourth-order valence-corrected chi connectivity index (χ4v) is 6.23. The predicted molar refractivity (Wildman–Crippen MR) is 122 cm³/mol. The van der Waals surface area contributed by atoms with E-state index < -0.39 is 24.2 Å². The summed E-state index contributed by atoms with van der Waals surface area (Å²) in [4.78, 5) is 20.0. The number of hydrogen-bond acceptors (Lipinski definition) is 9. The van der Waals surface area contributed by atoms with Crippen molar-refractivity contribution in [1.29, 1.82) is 0 Å². The Balaban J connectivity index is 1.21. The summed E-state index contributed by atoms with van der Waals surface area (Å²) in [6.45, 7) is 3.83. The standard InChI is InChI=1S/C22H30N4O5S/c27-15-11-14(21(29)23-6-9-26-7-2-1-3-8-26)20-18(19(15)28)25-22(32-20)24-13-4-5-16-17(10-13)31-12-30-16/h4-5,10,14-15,18-20,27-28H,1-3,6-9,11-12H2,(H,23,29)(H,24,25)/t14-,15+,18+,19-,20+/m0/s1. The molecular weight excluding hydrogens is 432 g/mol. The molecule has 3 aliphatic heterocycles. The lowest BCUT2D eigenvalue weighted by molar-refractivity contribution is -0.129. The predicted octanol–water partition coefficient (Wildman–Crippen LogP) is 1.01. The van der Waals surface area contributed by atoms with Crippen LogP contribution in [0.15, 0.2) is 23.2 Å². The first kappa shape index (κ1) is 21.8. The second-order valence-electron chi connectivity index (χ2n) is 8.79. The highest BCUT2D eigenvalue weighted by atomic mass is 32.2. The van der Waals surface area contributed by atoms with Crippen LogP contribution in [0.25, 0.3) is 0 Å². The van der Waals surface area contributed by atoms with Gasteiger partial charge in [-0.25, -0.2) is 0 Å². The summed E-state index contributed by atoms with van der Waals surface area (Å²) in [5.74, 6) is 0.877. The van der Waals surface area contributed by atoms with Gasteiger partial charge in [0.2, 0.25) is 12.7 Å². The van der Waals surface area contributed by atoms with Gasteiger partial charge in [-0.3, -0.25) is 9.79 Å². The number of ether oxygens (including phenoxy) is 2. The van der Waals surface area contributed by atoms with Crippen molar-refractivity contribution in [3.8, 4) is 11.5 Å². The lowest BCUT2D eigenvalue weighted by Gasteiger charge is -2.37. The van der Waals surface area contributed by atoms with Crippen LogP contribution in [-0.2, 0) is 4.79 Å². The van der Waals surface area contributed by atoms with Crippen LogP contribution in [0.1, 0.15) is 25.7 Å². The summed E-state index contributed by atoms with van der Waals surface area (Å²) in [5.41, 5.74) is 0.789. The Morgan fingerprint density at radius 3 is 2.84 bits per heavy atom. The average Bonchev–Trinajstić information content (AvgIpc) is 3.44. The summed E-state index contributed by atoms with van der Waals surface area (Å²) in [6, 6.07) is 5.01. The molecule has 174 valence electrons. The number of nitrogens with one attached hydrogen (secondary N) is 2. The molecule has 1 aromatic rings. The number of hydrogen-bond donors (Lipinski definition) is 4. The highest BCUT2D eigenvalue weighted by Gasteiger charge is 2.50. The van der Waals surface area contributed by atoms with Gasteiger partial charge in [-0.1, -0.05) is 18.2 Å². The minimum Gasteiger partial charge on any atom is -0.454 e. The minimum absolute atomic E-state index is 0.0741. The summed E-state index contributed by atoms with van der Waals surface area (Å²) >= 11 is 1.45. The SMILES string of the molecule is O=C(NCCN1CCCCC1)[C@H]1C[C@@H](O)[C@H](O)[C@H]2N=C(Nc3ccc4c(c3)OCO4)S[C@@H]21. The molecule has 0 bridgehead atoms. The van der Waals surface area contributed by atoms with Crippen molar-refractivity contribution in [3.05, 3.63) is 18.2 Å². The van der Waals surface area contributed by atoms with Crippen LogP contribution < -0.4 is 20.1 Å². The normalized spacial score (nSPS) is 31.7. The van der Waals surface area contributed by atoms with Crippen LogP contribution in [0.5, 0.6) is 11.5 Å². The highest BCUT2D eigenvalue weighted by molar-refractivity contribution is 8.15. The van der Waals surface area contributed by atoms with E-state index in [2.05, 4.69) is 20.5 Å². The number of benzene rings is 1. The van der Waals surface area contributed by atoms with Crippen molar-refractivity contribution < 1.29 is 24.5 Å². The number of fused-ring (bicyclic) bond motifs is 2. The molecule has 10 heteroatoms. The lowest BCUT2D eigenvalue weighted by atomic mass is 9.81. The van der Waals surface area contributed by atoms with E-state index in [1.54, 1.807) is 0 Å². The van der Waals surface area contributed by atoms with Crippen molar-refractivity contribution in [2.75, 3.05) is 38.3 Å². The number of amidine groups is 1. The molecule has 1 aliphatic carbocycles. The van der Waals surface area contributed by atoms with E-state index in [0.29, 0.717) is 23.2 Å². The van der Waals surface area contributed by atoms with Crippen LogP contribution in [-0.4, -0.2) is 82.7 Å². The van der Waals surface area contributed by atoms with E-state index in [1.807, 2.05) is 18.2 Å². The average molecular weight is 463 g/mol. The first-order valence-corrected chi connectivity index (χ1v) is 12.2. The highest BCUT2D eigenvalue weighted by Crippen LogP contribution is 2.42. The summed E-state index contributed by atoms with van der Waals surface area (Å²) in [6.07, 6.45) is 2.00. The number of aliphatic imine (C=N–C) groups is 1. The quantitative estimate of drug-likeness (QED) is 0.513. The molecule has 0 unspecified atom stereocenters. The molecule has 0 spiro atoms. The Hall–Kier alpha value is -2.01. The van der Waals surface area contributed by atoms with Crippen molar-refractivity contribution in [3.63, 3.8) is 0 Å². The Bertz CT molecular complexity index is 878. The molecule has 2 fully saturated rings. The van der Waals surface area contributed by atoms with Gasteiger partial charge in [0.1, 0.15) is 6.10 Å². The van der Waals surface area contributed by atoms with Gasteiger partial charge in [0.15, 0.2) is 16.7 Å². The van der Waals surface area contributed by atoms with Crippen molar-refractivity contribution >= 4 is 28.5 Å². The minimum atomic E-state index is -0.985. The second-order valence-corrected chi connectivity index (χ2v) is 9.96. The lowest BCUT2D eigenvalue weighted by Crippen LogP contribution is -2.54. The Morgan fingerprint density at radius 1 is 1.19 bits per heavy atom.